The smallest absolute Gasteiger partial charge is 0.244 e. The minimum Gasteiger partial charge on any atom is -0.493 e. The van der Waals surface area contributed by atoms with Crippen LogP contribution in [-0.4, -0.2) is 80.2 Å². The molecule has 4 rings (SSSR count). The van der Waals surface area contributed by atoms with Crippen LogP contribution in [0.3, 0.4) is 0 Å². The van der Waals surface area contributed by atoms with Gasteiger partial charge in [-0.15, -0.1) is 0 Å². The van der Waals surface area contributed by atoms with Crippen LogP contribution in [0.1, 0.15) is 5.89 Å². The first-order valence-electron chi connectivity index (χ1n) is 10.2. The van der Waals surface area contributed by atoms with Crippen LogP contribution in [0.25, 0.3) is 11.4 Å². The van der Waals surface area contributed by atoms with Crippen LogP contribution in [0, 0.1) is 0 Å². The van der Waals surface area contributed by atoms with Gasteiger partial charge in [-0.25, -0.2) is 13.4 Å². The summed E-state index contributed by atoms with van der Waals surface area (Å²) in [6, 6.07) is 8.66. The van der Waals surface area contributed by atoms with Gasteiger partial charge in [0, 0.05) is 37.9 Å². The molecule has 176 valence electrons. The summed E-state index contributed by atoms with van der Waals surface area (Å²) in [7, 11) is 1.59. The van der Waals surface area contributed by atoms with E-state index in [-0.39, 0.29) is 4.90 Å². The first kappa shape index (κ1) is 23.5. The maximum Gasteiger partial charge on any atom is 0.244 e. The van der Waals surface area contributed by atoms with Crippen LogP contribution in [0.5, 0.6) is 11.5 Å². The number of hydrogen-bond donors (Lipinski definition) is 0. The Labute approximate surface area is 196 Å². The van der Waals surface area contributed by atoms with Gasteiger partial charge in [-0.1, -0.05) is 16.9 Å². The van der Waals surface area contributed by atoms with E-state index < -0.39 is 10.0 Å². The Morgan fingerprint density at radius 1 is 1.06 bits per heavy atom. The molecule has 1 aliphatic rings. The number of likely N-dealkylation sites (N-methyl/N-ethyl adjacent to an activating group) is 1. The monoisotopic (exact) mass is 491 g/mol. The summed E-state index contributed by atoms with van der Waals surface area (Å²) in [6.45, 7) is 2.40. The third kappa shape index (κ3) is 5.29. The zero-order valence-electron chi connectivity index (χ0n) is 18.6. The third-order valence-electron chi connectivity index (χ3n) is 5.26. The summed E-state index contributed by atoms with van der Waals surface area (Å²) < 4.78 is 43.1. The van der Waals surface area contributed by atoms with E-state index in [1.807, 2.05) is 13.1 Å². The highest BCUT2D eigenvalue weighted by atomic mass is 32.2. The van der Waals surface area contributed by atoms with E-state index in [0.717, 1.165) is 18.7 Å². The van der Waals surface area contributed by atoms with E-state index in [9.17, 15) is 8.42 Å². The van der Waals surface area contributed by atoms with Crippen molar-refractivity contribution in [1.29, 1.82) is 0 Å². The lowest BCUT2D eigenvalue weighted by atomic mass is 10.2. The Morgan fingerprint density at radius 2 is 1.82 bits per heavy atom. The van der Waals surface area contributed by atoms with E-state index in [2.05, 4.69) is 20.0 Å². The topological polar surface area (TPSA) is 111 Å². The predicted molar refractivity (Wildman–Crippen MR) is 123 cm³/mol. The van der Waals surface area contributed by atoms with Crippen LogP contribution >= 0.6 is 11.8 Å². The van der Waals surface area contributed by atoms with Crippen LogP contribution in [0.4, 0.5) is 0 Å². The molecule has 33 heavy (non-hydrogen) atoms. The van der Waals surface area contributed by atoms with Gasteiger partial charge in [-0.2, -0.15) is 9.29 Å². The van der Waals surface area contributed by atoms with Crippen molar-refractivity contribution in [2.45, 2.75) is 15.7 Å². The van der Waals surface area contributed by atoms with Gasteiger partial charge >= 0.3 is 0 Å². The lowest BCUT2D eigenvalue weighted by Gasteiger charge is -2.31. The number of pyridine rings is 1. The molecule has 0 bridgehead atoms. The van der Waals surface area contributed by atoms with E-state index in [1.165, 1.54) is 22.3 Å². The van der Waals surface area contributed by atoms with E-state index in [1.54, 1.807) is 38.5 Å². The summed E-state index contributed by atoms with van der Waals surface area (Å²) >= 11 is 1.38. The molecule has 3 aromatic rings. The molecule has 1 aliphatic heterocycles. The molecular weight excluding hydrogens is 466 g/mol. The minimum absolute atomic E-state index is 0.199. The second-order valence-electron chi connectivity index (χ2n) is 7.41. The largest absolute Gasteiger partial charge is 0.493 e. The summed E-state index contributed by atoms with van der Waals surface area (Å²) in [5, 5.41) is 4.69. The molecule has 0 N–H and O–H groups in total. The molecule has 0 spiro atoms. The number of benzene rings is 1. The van der Waals surface area contributed by atoms with Crippen LogP contribution in [0.2, 0.25) is 0 Å². The average molecular weight is 492 g/mol. The highest BCUT2D eigenvalue weighted by molar-refractivity contribution is 7.98. The number of thioether (sulfide) groups is 1. The molecule has 10 nitrogen and oxygen atoms in total. The Morgan fingerprint density at radius 3 is 2.48 bits per heavy atom. The molecule has 0 saturated carbocycles. The molecule has 1 saturated heterocycles. The van der Waals surface area contributed by atoms with Crippen molar-refractivity contribution >= 4 is 21.8 Å². The van der Waals surface area contributed by atoms with Crippen molar-refractivity contribution in [2.24, 2.45) is 0 Å². The van der Waals surface area contributed by atoms with Crippen LogP contribution in [0.15, 0.2) is 51.0 Å². The number of aromatic nitrogens is 3. The Kier molecular flexibility index (Phi) is 7.17. The number of ether oxygens (including phenoxy) is 2. The van der Waals surface area contributed by atoms with Crippen molar-refractivity contribution in [3.63, 3.8) is 0 Å². The molecule has 0 aliphatic carbocycles. The van der Waals surface area contributed by atoms with Crippen molar-refractivity contribution in [3.8, 4) is 22.9 Å². The highest BCUT2D eigenvalue weighted by Gasteiger charge is 2.27. The van der Waals surface area contributed by atoms with E-state index in [4.69, 9.17) is 14.0 Å². The summed E-state index contributed by atoms with van der Waals surface area (Å²) in [5.74, 6) is 2.46. The molecule has 0 atom stereocenters. The Balaban J connectivity index is 1.39. The SMILES string of the molecule is COc1ccc(-c2noc(CSc3ccc(S(=O)(=O)N4CCN(C)CC4)cn3)n2)cc1OC. The van der Waals surface area contributed by atoms with Gasteiger partial charge in [-0.05, 0) is 37.4 Å². The van der Waals surface area contributed by atoms with Gasteiger partial charge in [0.2, 0.25) is 21.7 Å². The Hall–Kier alpha value is -2.67. The molecule has 0 unspecified atom stereocenters. The van der Waals surface area contributed by atoms with E-state index in [0.29, 0.717) is 47.1 Å². The summed E-state index contributed by atoms with van der Waals surface area (Å²) in [4.78, 5) is 11.0. The van der Waals surface area contributed by atoms with Gasteiger partial charge in [0.25, 0.3) is 0 Å². The van der Waals surface area contributed by atoms with Crippen molar-refractivity contribution in [2.75, 3.05) is 47.4 Å². The number of rotatable bonds is 8. The van der Waals surface area contributed by atoms with Gasteiger partial charge < -0.3 is 18.9 Å². The van der Waals surface area contributed by atoms with E-state index >= 15 is 0 Å². The normalized spacial score (nSPS) is 15.5. The van der Waals surface area contributed by atoms with Gasteiger partial charge in [0.15, 0.2) is 11.5 Å². The zero-order valence-corrected chi connectivity index (χ0v) is 20.2. The molecule has 1 aromatic carbocycles. The highest BCUT2D eigenvalue weighted by Crippen LogP contribution is 2.31. The molecule has 0 amide bonds. The number of nitrogens with zero attached hydrogens (tertiary/aromatic N) is 5. The summed E-state index contributed by atoms with van der Waals surface area (Å²) in [6.07, 6.45) is 1.40. The number of hydrogen-bond acceptors (Lipinski definition) is 10. The second-order valence-corrected chi connectivity index (χ2v) is 10.3. The van der Waals surface area contributed by atoms with Crippen molar-refractivity contribution in [1.82, 2.24) is 24.3 Å². The van der Waals surface area contributed by atoms with Crippen molar-refractivity contribution < 1.29 is 22.4 Å². The first-order valence-corrected chi connectivity index (χ1v) is 12.7. The molecule has 1 fully saturated rings. The summed E-state index contributed by atoms with van der Waals surface area (Å²) in [5.41, 5.74) is 0.740. The fourth-order valence-corrected chi connectivity index (χ4v) is 5.37. The minimum atomic E-state index is -3.53. The molecule has 12 heteroatoms. The lowest BCUT2D eigenvalue weighted by Crippen LogP contribution is -2.47. The lowest BCUT2D eigenvalue weighted by molar-refractivity contribution is 0.222. The third-order valence-corrected chi connectivity index (χ3v) is 8.07. The van der Waals surface area contributed by atoms with Gasteiger partial charge in [0.1, 0.15) is 4.90 Å². The standard InChI is InChI=1S/C21H25N5O5S2/c1-25-8-10-26(11-9-25)33(27,28)16-5-7-20(22-13-16)32-14-19-23-21(24-31-19)15-4-6-17(29-2)18(12-15)30-3/h4-7,12-13H,8-11,14H2,1-3H3. The van der Waals surface area contributed by atoms with Crippen molar-refractivity contribution in [3.05, 3.63) is 42.4 Å². The number of piperazine rings is 1. The number of sulfonamides is 1. The molecule has 0 radical (unpaired) electrons. The van der Waals surface area contributed by atoms with Gasteiger partial charge in [0.05, 0.1) is 25.0 Å². The van der Waals surface area contributed by atoms with Crippen LogP contribution in [-0.2, 0) is 15.8 Å². The van der Waals surface area contributed by atoms with Crippen LogP contribution < -0.4 is 9.47 Å². The predicted octanol–water partition coefficient (Wildman–Crippen LogP) is 2.38. The zero-order chi connectivity index (χ0) is 23.4. The fraction of sp³-hybridized carbons (Fsp3) is 0.381. The average Bonchev–Trinajstić information content (AvgIpc) is 3.32. The molecule has 2 aromatic heterocycles. The second kappa shape index (κ2) is 10.1. The quantitative estimate of drug-likeness (QED) is 0.435. The Bertz CT molecular complexity index is 1190. The maximum atomic E-state index is 12.8. The van der Waals surface area contributed by atoms with Gasteiger partial charge in [-0.3, -0.25) is 0 Å². The number of methoxy groups -OCH3 is 2. The first-order chi connectivity index (χ1) is 15.9. The molecular formula is C21H25N5O5S2. The maximum absolute atomic E-state index is 12.8. The fourth-order valence-electron chi connectivity index (χ4n) is 3.32. The molecule has 3 heterocycles.